The molecule has 1 aliphatic heterocycles. The number of carbonyl (C=O) groups is 4. The number of hydrogen-bond donors (Lipinski definition) is 2. The highest BCUT2D eigenvalue weighted by Crippen LogP contribution is 2.49. The van der Waals surface area contributed by atoms with Gasteiger partial charge in [-0.1, -0.05) is 54.6 Å². The van der Waals surface area contributed by atoms with E-state index in [4.69, 9.17) is 0 Å². The summed E-state index contributed by atoms with van der Waals surface area (Å²) in [6, 6.07) is 11.8. The zero-order valence-electron chi connectivity index (χ0n) is 18.8. The van der Waals surface area contributed by atoms with Crippen LogP contribution in [-0.2, 0) is 9.59 Å². The SMILES string of the molecule is Cc1cccc(C)c1N1C(=O)C2=CC3C(=O)c4c(c(O)c5ccccc5c4O)C(=O)C3C=C2C1=O. The Morgan fingerprint density at radius 2 is 1.09 bits per heavy atom. The van der Waals surface area contributed by atoms with E-state index in [0.29, 0.717) is 5.69 Å². The quantitative estimate of drug-likeness (QED) is 0.416. The van der Waals surface area contributed by atoms with Gasteiger partial charge in [-0.15, -0.1) is 0 Å². The van der Waals surface area contributed by atoms with Crippen LogP contribution in [0.1, 0.15) is 31.8 Å². The first-order chi connectivity index (χ1) is 16.7. The Bertz CT molecular complexity index is 1510. The predicted octanol–water partition coefficient (Wildman–Crippen LogP) is 3.92. The van der Waals surface area contributed by atoms with Gasteiger partial charge in [0.2, 0.25) is 0 Å². The van der Waals surface area contributed by atoms with E-state index in [0.717, 1.165) is 16.0 Å². The summed E-state index contributed by atoms with van der Waals surface area (Å²) in [5, 5.41) is 22.3. The van der Waals surface area contributed by atoms with Crippen molar-refractivity contribution in [3.05, 3.63) is 88.0 Å². The van der Waals surface area contributed by atoms with Crippen molar-refractivity contribution in [2.75, 3.05) is 4.90 Å². The number of carbonyl (C=O) groups excluding carboxylic acids is 4. The molecular weight excluding hydrogens is 446 g/mol. The summed E-state index contributed by atoms with van der Waals surface area (Å²) in [7, 11) is 0. The Labute approximate surface area is 199 Å². The summed E-state index contributed by atoms with van der Waals surface area (Å²) in [6.45, 7) is 3.60. The molecule has 1 fully saturated rings. The van der Waals surface area contributed by atoms with Crippen LogP contribution in [-0.4, -0.2) is 33.6 Å². The van der Waals surface area contributed by atoms with Crippen molar-refractivity contribution in [2.45, 2.75) is 13.8 Å². The number of nitrogens with zero attached hydrogens (tertiary/aromatic N) is 1. The number of aromatic hydroxyl groups is 2. The maximum absolute atomic E-state index is 13.5. The Balaban J connectivity index is 1.54. The molecule has 7 nitrogen and oxygen atoms in total. The van der Waals surface area contributed by atoms with Gasteiger partial charge in [0.25, 0.3) is 11.8 Å². The van der Waals surface area contributed by atoms with Crippen molar-refractivity contribution < 1.29 is 29.4 Å². The third kappa shape index (κ3) is 2.60. The van der Waals surface area contributed by atoms with Crippen LogP contribution in [0.4, 0.5) is 5.69 Å². The first kappa shape index (κ1) is 21.0. The minimum Gasteiger partial charge on any atom is -0.507 e. The van der Waals surface area contributed by atoms with E-state index >= 15 is 0 Å². The standard InChI is InChI=1S/C28H19NO6/c1-12-6-5-7-13(2)22(12)29-27(34)18-10-16-17(11-19(18)28(29)35)26(33)21-20(25(16)32)23(30)14-8-3-4-9-15(14)24(21)31/h3-11,16-17,30-31H,1-2H3. The Morgan fingerprint density at radius 1 is 0.657 bits per heavy atom. The maximum atomic E-state index is 13.5. The second kappa shape index (κ2) is 6.99. The molecule has 2 atom stereocenters. The number of ketones is 2. The van der Waals surface area contributed by atoms with Gasteiger partial charge in [0, 0.05) is 21.9 Å². The van der Waals surface area contributed by atoms with E-state index in [1.54, 1.807) is 50.2 Å². The Kier molecular flexibility index (Phi) is 4.20. The van der Waals surface area contributed by atoms with Gasteiger partial charge in [-0.25, -0.2) is 4.90 Å². The van der Waals surface area contributed by atoms with Gasteiger partial charge in [0.15, 0.2) is 11.6 Å². The molecule has 7 heteroatoms. The Hall–Kier alpha value is -4.52. The molecule has 1 saturated heterocycles. The van der Waals surface area contributed by atoms with Gasteiger partial charge in [-0.05, 0) is 25.0 Å². The number of allylic oxidation sites excluding steroid dienone is 2. The molecule has 0 saturated carbocycles. The molecule has 3 aromatic rings. The van der Waals surface area contributed by atoms with Crippen LogP contribution < -0.4 is 4.90 Å². The molecule has 3 aromatic carbocycles. The molecule has 3 aliphatic rings. The summed E-state index contributed by atoms with van der Waals surface area (Å²) in [6.07, 6.45) is 2.73. The minimum absolute atomic E-state index is 0.0630. The smallest absolute Gasteiger partial charge is 0.265 e. The highest BCUT2D eigenvalue weighted by Gasteiger charge is 2.50. The largest absolute Gasteiger partial charge is 0.507 e. The Morgan fingerprint density at radius 3 is 1.51 bits per heavy atom. The lowest BCUT2D eigenvalue weighted by Crippen LogP contribution is -2.37. The number of benzene rings is 3. The number of phenolic OH excluding ortho intramolecular Hbond substituents is 2. The number of Topliss-reactive ketones (excluding diaryl/α,β-unsaturated/α-hetero) is 2. The number of imide groups is 1. The predicted molar refractivity (Wildman–Crippen MR) is 127 cm³/mol. The summed E-state index contributed by atoms with van der Waals surface area (Å²) in [4.78, 5) is 54.9. The summed E-state index contributed by atoms with van der Waals surface area (Å²) in [5.41, 5.74) is 1.56. The molecule has 2 amide bonds. The van der Waals surface area contributed by atoms with Gasteiger partial charge in [0.05, 0.1) is 28.7 Å². The van der Waals surface area contributed by atoms with E-state index in [1.807, 2.05) is 6.07 Å². The van der Waals surface area contributed by atoms with Crippen LogP contribution in [0.15, 0.2) is 65.8 Å². The number of anilines is 1. The van der Waals surface area contributed by atoms with E-state index in [9.17, 15) is 29.4 Å². The van der Waals surface area contributed by atoms with Crippen molar-refractivity contribution in [2.24, 2.45) is 11.8 Å². The van der Waals surface area contributed by atoms with Crippen LogP contribution in [0.3, 0.4) is 0 Å². The fourth-order valence-corrected chi connectivity index (χ4v) is 5.51. The van der Waals surface area contributed by atoms with Gasteiger partial charge < -0.3 is 10.2 Å². The second-order valence-electron chi connectivity index (χ2n) is 9.12. The molecule has 0 aromatic heterocycles. The van der Waals surface area contributed by atoms with Crippen molar-refractivity contribution >= 4 is 39.8 Å². The number of para-hydroxylation sites is 1. The van der Waals surface area contributed by atoms with E-state index < -0.39 is 35.2 Å². The third-order valence-corrected chi connectivity index (χ3v) is 7.16. The van der Waals surface area contributed by atoms with Crippen molar-refractivity contribution in [1.29, 1.82) is 0 Å². The highest BCUT2D eigenvalue weighted by molar-refractivity contribution is 6.38. The van der Waals surface area contributed by atoms with Crippen molar-refractivity contribution in [3.8, 4) is 11.5 Å². The fraction of sp³-hybridized carbons (Fsp3) is 0.143. The van der Waals surface area contributed by atoms with Crippen LogP contribution in [0.5, 0.6) is 11.5 Å². The highest BCUT2D eigenvalue weighted by atomic mass is 16.3. The van der Waals surface area contributed by atoms with Crippen LogP contribution in [0.2, 0.25) is 0 Å². The van der Waals surface area contributed by atoms with Crippen molar-refractivity contribution in [3.63, 3.8) is 0 Å². The summed E-state index contributed by atoms with van der Waals surface area (Å²) < 4.78 is 0. The normalized spacial score (nSPS) is 21.0. The van der Waals surface area contributed by atoms with Crippen LogP contribution in [0.25, 0.3) is 10.8 Å². The molecule has 0 bridgehead atoms. The molecule has 35 heavy (non-hydrogen) atoms. The van der Waals surface area contributed by atoms with E-state index in [2.05, 4.69) is 0 Å². The van der Waals surface area contributed by atoms with Gasteiger partial charge >= 0.3 is 0 Å². The molecule has 1 heterocycles. The van der Waals surface area contributed by atoms with Crippen LogP contribution >= 0.6 is 0 Å². The zero-order valence-corrected chi connectivity index (χ0v) is 18.8. The lowest BCUT2D eigenvalue weighted by Gasteiger charge is -2.31. The van der Waals surface area contributed by atoms with Crippen LogP contribution in [0, 0.1) is 25.7 Å². The first-order valence-corrected chi connectivity index (χ1v) is 11.2. The number of hydrogen-bond acceptors (Lipinski definition) is 6. The number of aryl methyl sites for hydroxylation is 2. The first-order valence-electron chi connectivity index (χ1n) is 11.2. The average Bonchev–Trinajstić information content (AvgIpc) is 3.08. The molecule has 2 aliphatic carbocycles. The fourth-order valence-electron chi connectivity index (χ4n) is 5.51. The number of amides is 2. The molecule has 0 radical (unpaired) electrons. The van der Waals surface area contributed by atoms with Gasteiger partial charge in [-0.2, -0.15) is 0 Å². The van der Waals surface area contributed by atoms with E-state index in [1.165, 1.54) is 12.2 Å². The number of rotatable bonds is 1. The van der Waals surface area contributed by atoms with Crippen molar-refractivity contribution in [1.82, 2.24) is 0 Å². The molecule has 2 N–H and O–H groups in total. The van der Waals surface area contributed by atoms with E-state index in [-0.39, 0.29) is 44.5 Å². The molecular formula is C28H19NO6. The summed E-state index contributed by atoms with van der Waals surface area (Å²) >= 11 is 0. The zero-order chi connectivity index (χ0) is 24.8. The maximum Gasteiger partial charge on any atom is 0.265 e. The van der Waals surface area contributed by atoms with Gasteiger partial charge in [0.1, 0.15) is 11.5 Å². The lowest BCUT2D eigenvalue weighted by atomic mass is 9.69. The minimum atomic E-state index is -1.07. The molecule has 6 rings (SSSR count). The molecule has 0 spiro atoms. The molecule has 172 valence electrons. The third-order valence-electron chi connectivity index (χ3n) is 7.16. The second-order valence-corrected chi connectivity index (χ2v) is 9.12. The topological polar surface area (TPSA) is 112 Å². The lowest BCUT2D eigenvalue weighted by molar-refractivity contribution is -0.119. The summed E-state index contributed by atoms with van der Waals surface area (Å²) in [5.74, 6) is -5.21. The van der Waals surface area contributed by atoms with Gasteiger partial charge in [-0.3, -0.25) is 19.2 Å². The number of fused-ring (bicyclic) bond motifs is 4. The number of phenols is 2. The average molecular weight is 465 g/mol. The molecule has 2 unspecified atom stereocenters. The monoisotopic (exact) mass is 465 g/mol.